The first-order valence-electron chi connectivity index (χ1n) is 5.79. The van der Waals surface area contributed by atoms with E-state index < -0.39 is 10.8 Å². The van der Waals surface area contributed by atoms with E-state index in [0.717, 1.165) is 10.3 Å². The van der Waals surface area contributed by atoms with Crippen molar-refractivity contribution in [1.29, 1.82) is 0 Å². The molecule has 1 atom stereocenters. The zero-order valence-corrected chi connectivity index (χ0v) is 10.8. The summed E-state index contributed by atoms with van der Waals surface area (Å²) in [5.74, 6) is 0.101. The maximum atomic E-state index is 12.4. The summed E-state index contributed by atoms with van der Waals surface area (Å²) in [7, 11) is -1.24. The number of aromatic nitrogens is 1. The van der Waals surface area contributed by atoms with Crippen LogP contribution in [0.1, 0.15) is 0 Å². The Balaban J connectivity index is 2.11. The van der Waals surface area contributed by atoms with Crippen molar-refractivity contribution in [3.8, 4) is 5.75 Å². The fourth-order valence-electron chi connectivity index (χ4n) is 1.92. The maximum Gasteiger partial charge on any atom is 0.141 e. The summed E-state index contributed by atoms with van der Waals surface area (Å²) in [5, 5.41) is 11.3. The second-order valence-corrected chi connectivity index (χ2v) is 5.60. The third-order valence-electron chi connectivity index (χ3n) is 2.88. The van der Waals surface area contributed by atoms with Gasteiger partial charge in [0.2, 0.25) is 0 Å². The van der Waals surface area contributed by atoms with Gasteiger partial charge in [-0.1, -0.05) is 24.3 Å². The number of hydrogen-bond acceptors (Lipinski definition) is 3. The van der Waals surface area contributed by atoms with Crippen LogP contribution in [0.15, 0.2) is 70.7 Å². The molecule has 0 spiro atoms. The third-order valence-corrected chi connectivity index (χ3v) is 4.26. The van der Waals surface area contributed by atoms with Crippen molar-refractivity contribution in [2.24, 2.45) is 0 Å². The summed E-state index contributed by atoms with van der Waals surface area (Å²) < 4.78 is 12.4. The molecule has 0 radical (unpaired) electrons. The van der Waals surface area contributed by atoms with Gasteiger partial charge in [0.05, 0.1) is 17.0 Å². The van der Waals surface area contributed by atoms with Crippen LogP contribution in [0.3, 0.4) is 0 Å². The molecule has 0 saturated heterocycles. The van der Waals surface area contributed by atoms with Gasteiger partial charge in [0.25, 0.3) is 0 Å². The van der Waals surface area contributed by atoms with Crippen LogP contribution in [-0.2, 0) is 10.8 Å². The Morgan fingerprint density at radius 2 is 1.74 bits per heavy atom. The number of fused-ring (bicyclic) bond motifs is 1. The predicted molar refractivity (Wildman–Crippen MR) is 74.5 cm³/mol. The molecular formula is C15H11NO2S. The average molecular weight is 269 g/mol. The molecule has 0 amide bonds. The molecular weight excluding hydrogens is 258 g/mol. The number of benzene rings is 2. The zero-order chi connectivity index (χ0) is 13.2. The van der Waals surface area contributed by atoms with Gasteiger partial charge < -0.3 is 5.11 Å². The van der Waals surface area contributed by atoms with Gasteiger partial charge in [0, 0.05) is 26.8 Å². The molecule has 0 bridgehead atoms. The first-order chi connectivity index (χ1) is 9.25. The van der Waals surface area contributed by atoms with Gasteiger partial charge in [-0.2, -0.15) is 0 Å². The van der Waals surface area contributed by atoms with Gasteiger partial charge in [-0.3, -0.25) is 4.98 Å². The fourth-order valence-corrected chi connectivity index (χ4v) is 3.02. The molecule has 1 aromatic heterocycles. The summed E-state index contributed by atoms with van der Waals surface area (Å²) in [6.07, 6.45) is 3.06. The van der Waals surface area contributed by atoms with E-state index >= 15 is 0 Å². The van der Waals surface area contributed by atoms with E-state index in [1.54, 1.807) is 18.3 Å². The summed E-state index contributed by atoms with van der Waals surface area (Å²) in [6, 6.07) is 14.6. The van der Waals surface area contributed by atoms with E-state index in [2.05, 4.69) is 4.98 Å². The van der Waals surface area contributed by atoms with Crippen molar-refractivity contribution in [1.82, 2.24) is 4.98 Å². The lowest BCUT2D eigenvalue weighted by Crippen LogP contribution is -1.92. The van der Waals surface area contributed by atoms with Crippen molar-refractivity contribution in [2.45, 2.75) is 9.79 Å². The Morgan fingerprint density at radius 1 is 0.947 bits per heavy atom. The second-order valence-electron chi connectivity index (χ2n) is 4.12. The molecule has 0 aliphatic rings. The third kappa shape index (κ3) is 2.22. The molecule has 1 heterocycles. The number of nitrogens with zero attached hydrogens (tertiary/aromatic N) is 1. The molecule has 3 rings (SSSR count). The maximum absolute atomic E-state index is 12.4. The molecule has 4 heteroatoms. The molecule has 94 valence electrons. The molecule has 1 unspecified atom stereocenters. The monoisotopic (exact) mass is 269 g/mol. The van der Waals surface area contributed by atoms with Gasteiger partial charge in [-0.25, -0.2) is 4.21 Å². The van der Waals surface area contributed by atoms with Crippen molar-refractivity contribution >= 4 is 21.6 Å². The van der Waals surface area contributed by atoms with E-state index in [1.165, 1.54) is 6.20 Å². The quantitative estimate of drug-likeness (QED) is 0.777. The Kier molecular flexibility index (Phi) is 3.01. The second kappa shape index (κ2) is 4.82. The van der Waals surface area contributed by atoms with E-state index in [4.69, 9.17) is 0 Å². The lowest BCUT2D eigenvalue weighted by molar-refractivity contribution is 0.479. The van der Waals surface area contributed by atoms with Crippen LogP contribution in [0.5, 0.6) is 5.75 Å². The van der Waals surface area contributed by atoms with E-state index in [0.29, 0.717) is 10.3 Å². The summed E-state index contributed by atoms with van der Waals surface area (Å²) >= 11 is 0. The Labute approximate surface area is 113 Å². The molecule has 0 saturated carbocycles. The van der Waals surface area contributed by atoms with E-state index in [9.17, 15) is 9.32 Å². The van der Waals surface area contributed by atoms with E-state index in [-0.39, 0.29) is 5.75 Å². The standard InChI is InChI=1S/C15H11NO2S/c17-15-10-16-9-11-6-7-13(8-14(11)15)19(18)12-4-2-1-3-5-12/h1-10,17H. The summed E-state index contributed by atoms with van der Waals surface area (Å²) in [4.78, 5) is 5.33. The lowest BCUT2D eigenvalue weighted by atomic mass is 10.2. The topological polar surface area (TPSA) is 50.2 Å². The molecule has 0 aliphatic carbocycles. The molecule has 3 aromatic rings. The van der Waals surface area contributed by atoms with Crippen LogP contribution < -0.4 is 0 Å². The molecule has 19 heavy (non-hydrogen) atoms. The Hall–Kier alpha value is -2.20. The Bertz CT molecular complexity index is 756. The highest BCUT2D eigenvalue weighted by molar-refractivity contribution is 7.85. The predicted octanol–water partition coefficient (Wildman–Crippen LogP) is 3.11. The zero-order valence-electron chi connectivity index (χ0n) is 9.98. The molecule has 0 fully saturated rings. The first kappa shape index (κ1) is 11.9. The summed E-state index contributed by atoms with van der Waals surface area (Å²) in [5.41, 5.74) is 0. The normalized spacial score (nSPS) is 12.4. The molecule has 1 N–H and O–H groups in total. The lowest BCUT2D eigenvalue weighted by Gasteiger charge is -2.05. The fraction of sp³-hybridized carbons (Fsp3) is 0. The highest BCUT2D eigenvalue weighted by Gasteiger charge is 2.09. The van der Waals surface area contributed by atoms with Crippen LogP contribution in [-0.4, -0.2) is 14.3 Å². The highest BCUT2D eigenvalue weighted by Crippen LogP contribution is 2.26. The Morgan fingerprint density at radius 3 is 2.53 bits per heavy atom. The van der Waals surface area contributed by atoms with Crippen LogP contribution in [0.2, 0.25) is 0 Å². The highest BCUT2D eigenvalue weighted by atomic mass is 32.2. The van der Waals surface area contributed by atoms with Gasteiger partial charge in [0.1, 0.15) is 5.75 Å². The van der Waals surface area contributed by atoms with Gasteiger partial charge in [-0.15, -0.1) is 0 Å². The van der Waals surface area contributed by atoms with Crippen molar-refractivity contribution in [3.05, 3.63) is 60.9 Å². The van der Waals surface area contributed by atoms with Gasteiger partial charge in [-0.05, 0) is 24.3 Å². The SMILES string of the molecule is O=S(c1ccccc1)c1ccc2cncc(O)c2c1. The molecule has 3 nitrogen and oxygen atoms in total. The number of pyridine rings is 1. The number of hydrogen-bond donors (Lipinski definition) is 1. The van der Waals surface area contributed by atoms with E-state index in [1.807, 2.05) is 36.4 Å². The first-order valence-corrected chi connectivity index (χ1v) is 6.94. The minimum Gasteiger partial charge on any atom is -0.506 e. The van der Waals surface area contributed by atoms with Crippen molar-refractivity contribution in [2.75, 3.05) is 0 Å². The van der Waals surface area contributed by atoms with Gasteiger partial charge in [0.15, 0.2) is 0 Å². The minimum atomic E-state index is -1.24. The minimum absolute atomic E-state index is 0.101. The van der Waals surface area contributed by atoms with Crippen molar-refractivity contribution < 1.29 is 9.32 Å². The van der Waals surface area contributed by atoms with Crippen LogP contribution in [0.4, 0.5) is 0 Å². The average Bonchev–Trinajstić information content (AvgIpc) is 2.47. The largest absolute Gasteiger partial charge is 0.506 e. The van der Waals surface area contributed by atoms with Crippen LogP contribution in [0.25, 0.3) is 10.8 Å². The molecule has 2 aromatic carbocycles. The van der Waals surface area contributed by atoms with Crippen LogP contribution in [0, 0.1) is 0 Å². The number of aromatic hydroxyl groups is 1. The van der Waals surface area contributed by atoms with Gasteiger partial charge >= 0.3 is 0 Å². The summed E-state index contributed by atoms with van der Waals surface area (Å²) in [6.45, 7) is 0. The smallest absolute Gasteiger partial charge is 0.141 e. The molecule has 0 aliphatic heterocycles. The van der Waals surface area contributed by atoms with Crippen LogP contribution >= 0.6 is 0 Å². The van der Waals surface area contributed by atoms with Crippen molar-refractivity contribution in [3.63, 3.8) is 0 Å². The number of rotatable bonds is 2.